The summed E-state index contributed by atoms with van der Waals surface area (Å²) in [5.74, 6) is -0.854. The molecule has 0 saturated carbocycles. The van der Waals surface area contributed by atoms with E-state index in [2.05, 4.69) is 95.1 Å². The molecule has 0 aliphatic carbocycles. The molecule has 0 unspecified atom stereocenters. The number of carbonyl (C=O) groups is 9. The molecule has 0 radical (unpaired) electrons. The van der Waals surface area contributed by atoms with Gasteiger partial charge in [-0.1, -0.05) is 60.7 Å². The van der Waals surface area contributed by atoms with Crippen molar-refractivity contribution in [2.45, 2.75) is 267 Å². The zero-order valence-corrected chi connectivity index (χ0v) is 65.1. The second kappa shape index (κ2) is 48.4. The van der Waals surface area contributed by atoms with Crippen LogP contribution in [0.4, 0.5) is 24.0 Å². The highest BCUT2D eigenvalue weighted by molar-refractivity contribution is 5.86. The lowest BCUT2D eigenvalue weighted by molar-refractivity contribution is -0.156. The molecule has 28 heteroatoms. The summed E-state index contributed by atoms with van der Waals surface area (Å²) in [6.45, 7) is 43.8. The lowest BCUT2D eigenvalue weighted by Gasteiger charge is -2.32. The maximum Gasteiger partial charge on any atom is 0.519 e. The average molecular weight is 1460 g/mol. The smallest absolute Gasteiger partial charge is 0.444 e. The van der Waals surface area contributed by atoms with Gasteiger partial charge in [-0.25, -0.2) is 24.0 Å². The lowest BCUT2D eigenvalue weighted by Crippen LogP contribution is -2.47. The van der Waals surface area contributed by atoms with Gasteiger partial charge in [0.1, 0.15) is 28.0 Å². The molecule has 8 N–H and O–H groups in total. The van der Waals surface area contributed by atoms with Gasteiger partial charge in [-0.2, -0.15) is 0 Å². The lowest BCUT2D eigenvalue weighted by atomic mass is 10.0. The number of piperidine rings is 5. The van der Waals surface area contributed by atoms with Crippen molar-refractivity contribution >= 4 is 79.2 Å². The van der Waals surface area contributed by atoms with Crippen molar-refractivity contribution in [2.75, 3.05) is 65.4 Å². The van der Waals surface area contributed by atoms with Gasteiger partial charge in [-0.05, 0) is 205 Å². The standard InChI is InChI=1S/C17H26N2O2.C12H22N2O3.C12H18N2.C10H20N2O2.C10H18O5.C7H14N2O.C4H6O3.2ClH/c1-17(2,3)21-16(20)18-15-9-11-19(12-10-15)13-14-7-5-4-6-8-14;1-9(15)14-7-5-10(6-8-14)13-11(16)17-12(2,3)4;13-12-6-8-14(9-7-12)10-11-4-2-1-3-5-11;1-10(2,3)14-9(13)12-8-4-6-11-7-5-8;1-9(2,3)14-7(11)13-8(12)15-10(4,5)6;1-6(10)9-4-2-7(8)3-5-9;1-3(5)7-4(2)6;;/h4-8,15H,9-13H2,1-3H3,(H,18,20);10H,5-8H2,1-4H3,(H,13,16);1-5,12H,6-10,13H2;8,11H,4-7H2,1-3H3,(H,12,13);1-6H3;7H,2-5,8H2,1H3;1-2H3;2*1H. The Morgan fingerprint density at radius 3 is 0.920 bits per heavy atom. The Morgan fingerprint density at radius 1 is 0.390 bits per heavy atom. The molecule has 5 heterocycles. The average Bonchev–Trinajstić information content (AvgIpc) is 0.897. The van der Waals surface area contributed by atoms with Crippen LogP contribution in [0.1, 0.15) is 207 Å². The summed E-state index contributed by atoms with van der Waals surface area (Å²) in [7, 11) is 0. The maximum absolute atomic E-state index is 11.8. The summed E-state index contributed by atoms with van der Waals surface area (Å²) in [6.07, 6.45) is 6.62. The minimum Gasteiger partial charge on any atom is -0.444 e. The van der Waals surface area contributed by atoms with Crippen LogP contribution in [0.15, 0.2) is 60.7 Å². The van der Waals surface area contributed by atoms with Gasteiger partial charge in [0, 0.05) is 110 Å². The van der Waals surface area contributed by atoms with Crippen molar-refractivity contribution in [3.63, 3.8) is 0 Å². The molecule has 5 aliphatic heterocycles. The third-order valence-corrected chi connectivity index (χ3v) is 14.4. The maximum atomic E-state index is 11.8. The molecule has 5 amide bonds. The highest BCUT2D eigenvalue weighted by Gasteiger charge is 2.28. The number of hydrogen-bond acceptors (Lipinski definition) is 21. The van der Waals surface area contributed by atoms with Crippen LogP contribution >= 0.6 is 24.8 Å². The van der Waals surface area contributed by atoms with E-state index in [0.29, 0.717) is 25.2 Å². The van der Waals surface area contributed by atoms with E-state index in [1.165, 1.54) is 25.0 Å². The fraction of sp³-hybridized carbons (Fsp3) is 0.708. The topological polar surface area (TPSA) is 331 Å². The van der Waals surface area contributed by atoms with Gasteiger partial charge >= 0.3 is 42.5 Å². The number of benzene rings is 2. The molecule has 100 heavy (non-hydrogen) atoms. The summed E-state index contributed by atoms with van der Waals surface area (Å²) in [4.78, 5) is 107. The molecule has 0 bridgehead atoms. The SMILES string of the molecule is CC(=O)N1CCC(N)CC1.CC(=O)N1CCC(NC(=O)OC(C)(C)C)CC1.CC(=O)OC(C)=O.CC(C)(C)OC(=O)NC1CCN(Cc2ccccc2)CC1.CC(C)(C)OC(=O)NC1CCNCC1.CC(C)(C)OC(=O)OC(=O)OC(C)(C)C.Cl.Cl.NC1CCN(Cc2ccccc2)CC1. The molecule has 5 saturated heterocycles. The molecular weight excluding hydrogens is 1330 g/mol. The first-order chi connectivity index (χ1) is 45.3. The number of alkyl carbamates (subject to hydrolysis) is 3. The summed E-state index contributed by atoms with van der Waals surface area (Å²) < 4.78 is 33.4. The third kappa shape index (κ3) is 53.3. The number of esters is 2. The Bertz CT molecular complexity index is 2630. The van der Waals surface area contributed by atoms with Crippen LogP contribution in [-0.4, -0.2) is 198 Å². The predicted octanol–water partition coefficient (Wildman–Crippen LogP) is 11.3. The highest BCUT2D eigenvalue weighted by atomic mass is 35.5. The molecule has 2 aromatic rings. The van der Waals surface area contributed by atoms with E-state index in [9.17, 15) is 43.2 Å². The Morgan fingerprint density at radius 2 is 0.650 bits per heavy atom. The quantitative estimate of drug-likeness (QED) is 0.0852. The number of rotatable bonds is 7. The van der Waals surface area contributed by atoms with Gasteiger partial charge in [0.25, 0.3) is 0 Å². The van der Waals surface area contributed by atoms with E-state index in [1.54, 1.807) is 60.3 Å². The number of carbonyl (C=O) groups excluding carboxylic acids is 9. The molecule has 26 nitrogen and oxygen atoms in total. The fourth-order valence-electron chi connectivity index (χ4n) is 9.78. The van der Waals surface area contributed by atoms with Crippen molar-refractivity contribution in [1.29, 1.82) is 0 Å². The van der Waals surface area contributed by atoms with Gasteiger partial charge in [-0.15, -0.1) is 24.8 Å². The van der Waals surface area contributed by atoms with Crippen LogP contribution in [0.5, 0.6) is 0 Å². The Balaban J connectivity index is 0. The van der Waals surface area contributed by atoms with Gasteiger partial charge in [0.05, 0.1) is 0 Å². The minimum atomic E-state index is -1.06. The second-order valence-electron chi connectivity index (χ2n) is 29.8. The van der Waals surface area contributed by atoms with Crippen LogP contribution in [0.25, 0.3) is 0 Å². The number of ether oxygens (including phenoxy) is 7. The second-order valence-corrected chi connectivity index (χ2v) is 29.8. The number of nitrogens with zero attached hydrogens (tertiary/aromatic N) is 4. The van der Waals surface area contributed by atoms with E-state index in [1.807, 2.05) is 73.3 Å². The van der Waals surface area contributed by atoms with Crippen molar-refractivity contribution < 1.29 is 76.3 Å². The van der Waals surface area contributed by atoms with Gasteiger partial charge in [0.15, 0.2) is 0 Å². The van der Waals surface area contributed by atoms with E-state index >= 15 is 0 Å². The monoisotopic (exact) mass is 1460 g/mol. The molecule has 0 atom stereocenters. The number of halogens is 2. The summed E-state index contributed by atoms with van der Waals surface area (Å²) in [6, 6.07) is 22.5. The molecule has 0 spiro atoms. The largest absolute Gasteiger partial charge is 0.519 e. The molecule has 5 fully saturated rings. The van der Waals surface area contributed by atoms with Gasteiger partial charge in [0.2, 0.25) is 11.8 Å². The zero-order chi connectivity index (χ0) is 74.5. The Kier molecular flexibility index (Phi) is 46.2. The molecular formula is C72H126Cl2N10O16. The van der Waals surface area contributed by atoms with E-state index < -0.39 is 52.3 Å². The van der Waals surface area contributed by atoms with Gasteiger partial charge < -0.3 is 75.7 Å². The van der Waals surface area contributed by atoms with Crippen molar-refractivity contribution in [1.82, 2.24) is 40.9 Å². The molecule has 574 valence electrons. The first-order valence-corrected chi connectivity index (χ1v) is 34.4. The summed E-state index contributed by atoms with van der Waals surface area (Å²) >= 11 is 0. The van der Waals surface area contributed by atoms with E-state index in [-0.39, 0.29) is 73.0 Å². The summed E-state index contributed by atoms with van der Waals surface area (Å²) in [5, 5.41) is 11.9. The molecule has 0 aromatic heterocycles. The first kappa shape index (κ1) is 95.5. The first-order valence-electron chi connectivity index (χ1n) is 34.4. The zero-order valence-electron chi connectivity index (χ0n) is 63.5. The van der Waals surface area contributed by atoms with Crippen LogP contribution < -0.4 is 32.7 Å². The van der Waals surface area contributed by atoms with E-state index in [4.69, 9.17) is 35.2 Å². The van der Waals surface area contributed by atoms with E-state index in [0.717, 1.165) is 130 Å². The fourth-order valence-corrected chi connectivity index (χ4v) is 9.78. The third-order valence-electron chi connectivity index (χ3n) is 14.4. The van der Waals surface area contributed by atoms with Crippen molar-refractivity contribution in [3.8, 4) is 0 Å². The number of nitrogens with two attached hydrogens (primary N) is 2. The predicted molar refractivity (Wildman–Crippen MR) is 393 cm³/mol. The number of nitrogens with one attached hydrogen (secondary N) is 4. The van der Waals surface area contributed by atoms with Crippen LogP contribution in [0, 0.1) is 0 Å². The number of likely N-dealkylation sites (tertiary alicyclic amines) is 4. The Labute approximate surface area is 609 Å². The Hall–Kier alpha value is -6.55. The molecule has 7 rings (SSSR count). The summed E-state index contributed by atoms with van der Waals surface area (Å²) in [5.41, 5.74) is 11.6. The minimum absolute atomic E-state index is 0. The van der Waals surface area contributed by atoms with Crippen molar-refractivity contribution in [3.05, 3.63) is 71.8 Å². The molecule has 5 aliphatic rings. The number of amides is 5. The van der Waals surface area contributed by atoms with Gasteiger partial charge in [-0.3, -0.25) is 29.0 Å². The van der Waals surface area contributed by atoms with Crippen LogP contribution in [-0.2, 0) is 65.4 Å². The molecule has 2 aromatic carbocycles. The van der Waals surface area contributed by atoms with Crippen molar-refractivity contribution in [2.24, 2.45) is 11.5 Å². The normalized spacial score (nSPS) is 16.6. The number of hydrogen-bond donors (Lipinski definition) is 6. The highest BCUT2D eigenvalue weighted by Crippen LogP contribution is 2.18. The van der Waals surface area contributed by atoms with Crippen LogP contribution in [0.3, 0.4) is 0 Å². The van der Waals surface area contributed by atoms with Crippen LogP contribution in [0.2, 0.25) is 0 Å².